The van der Waals surface area contributed by atoms with E-state index in [4.69, 9.17) is 11.6 Å². The van der Waals surface area contributed by atoms with Crippen molar-refractivity contribution >= 4 is 11.6 Å². The van der Waals surface area contributed by atoms with Crippen molar-refractivity contribution in [3.8, 4) is 0 Å². The fourth-order valence-corrected chi connectivity index (χ4v) is 2.08. The van der Waals surface area contributed by atoms with Gasteiger partial charge in [0.1, 0.15) is 5.15 Å². The summed E-state index contributed by atoms with van der Waals surface area (Å²) >= 11 is 5.82. The van der Waals surface area contributed by atoms with Crippen LogP contribution in [0.4, 0.5) is 13.2 Å². The molecule has 1 aromatic rings. The monoisotopic (exact) mass is 250 g/mol. The molecule has 2 heterocycles. The maximum atomic E-state index is 12.5. The van der Waals surface area contributed by atoms with Crippen LogP contribution in [0.25, 0.3) is 0 Å². The van der Waals surface area contributed by atoms with Crippen LogP contribution in [0.15, 0.2) is 12.3 Å². The van der Waals surface area contributed by atoms with E-state index in [0.29, 0.717) is 12.1 Å². The molecule has 1 fully saturated rings. The summed E-state index contributed by atoms with van der Waals surface area (Å²) in [5.41, 5.74) is -0.250. The van der Waals surface area contributed by atoms with Crippen molar-refractivity contribution < 1.29 is 13.2 Å². The summed E-state index contributed by atoms with van der Waals surface area (Å²) in [4.78, 5) is 3.61. The number of rotatable bonds is 1. The van der Waals surface area contributed by atoms with Gasteiger partial charge in [-0.15, -0.1) is 0 Å². The fraction of sp³-hybridized carbons (Fsp3) is 0.500. The molecule has 0 radical (unpaired) electrons. The van der Waals surface area contributed by atoms with Crippen LogP contribution in [-0.2, 0) is 6.18 Å². The average molecular weight is 251 g/mol. The molecule has 16 heavy (non-hydrogen) atoms. The zero-order chi connectivity index (χ0) is 11.8. The third-order valence-corrected chi connectivity index (χ3v) is 3.01. The number of hydrogen-bond acceptors (Lipinski definition) is 2. The number of pyridine rings is 1. The van der Waals surface area contributed by atoms with Gasteiger partial charge in [-0.1, -0.05) is 11.6 Å². The van der Waals surface area contributed by atoms with Gasteiger partial charge in [-0.05, 0) is 24.6 Å². The van der Waals surface area contributed by atoms with Crippen molar-refractivity contribution in [3.63, 3.8) is 0 Å². The molecule has 0 bridgehead atoms. The first-order valence-corrected chi connectivity index (χ1v) is 5.29. The van der Waals surface area contributed by atoms with Crippen LogP contribution in [0.2, 0.25) is 5.15 Å². The summed E-state index contributed by atoms with van der Waals surface area (Å²) in [6.07, 6.45) is -2.80. The molecule has 1 aromatic heterocycles. The predicted molar refractivity (Wildman–Crippen MR) is 54.5 cm³/mol. The lowest BCUT2D eigenvalue weighted by Gasteiger charge is -2.13. The quantitative estimate of drug-likeness (QED) is 0.776. The summed E-state index contributed by atoms with van der Waals surface area (Å²) in [6, 6.07) is 1.10. The molecule has 0 aliphatic carbocycles. The van der Waals surface area contributed by atoms with E-state index in [1.165, 1.54) is 0 Å². The van der Waals surface area contributed by atoms with Gasteiger partial charge in [-0.3, -0.25) is 0 Å². The van der Waals surface area contributed by atoms with E-state index in [1.807, 2.05) is 0 Å². The highest BCUT2D eigenvalue weighted by atomic mass is 35.5. The average Bonchev–Trinajstić information content (AvgIpc) is 2.69. The third kappa shape index (κ3) is 2.30. The minimum absolute atomic E-state index is 0.0299. The lowest BCUT2D eigenvalue weighted by Crippen LogP contribution is -2.11. The molecule has 0 amide bonds. The summed E-state index contributed by atoms with van der Waals surface area (Å²) in [5.74, 6) is 0.0299. The molecule has 0 spiro atoms. The lowest BCUT2D eigenvalue weighted by molar-refractivity contribution is -0.137. The molecule has 1 aliphatic heterocycles. The Hall–Kier alpha value is -0.810. The van der Waals surface area contributed by atoms with Crippen molar-refractivity contribution in [1.29, 1.82) is 0 Å². The lowest BCUT2D eigenvalue weighted by atomic mass is 9.99. The first-order chi connectivity index (χ1) is 7.48. The maximum Gasteiger partial charge on any atom is 0.417 e. The second kappa shape index (κ2) is 4.22. The Balaban J connectivity index is 2.36. The Kier molecular flexibility index (Phi) is 3.08. The Bertz CT molecular complexity index is 386. The van der Waals surface area contributed by atoms with Gasteiger partial charge in [0, 0.05) is 18.7 Å². The van der Waals surface area contributed by atoms with E-state index < -0.39 is 11.7 Å². The van der Waals surface area contributed by atoms with Gasteiger partial charge >= 0.3 is 6.18 Å². The van der Waals surface area contributed by atoms with Gasteiger partial charge in [0.15, 0.2) is 0 Å². The number of aromatic nitrogens is 1. The normalized spacial score (nSPS) is 21.4. The first kappa shape index (κ1) is 11.7. The van der Waals surface area contributed by atoms with Crippen LogP contribution in [0.3, 0.4) is 0 Å². The molecular weight excluding hydrogens is 241 g/mol. The maximum absolute atomic E-state index is 12.5. The van der Waals surface area contributed by atoms with Crippen LogP contribution in [-0.4, -0.2) is 18.1 Å². The Morgan fingerprint density at radius 2 is 2.19 bits per heavy atom. The van der Waals surface area contributed by atoms with E-state index in [0.717, 1.165) is 25.2 Å². The zero-order valence-electron chi connectivity index (χ0n) is 8.31. The Morgan fingerprint density at radius 3 is 2.75 bits per heavy atom. The Morgan fingerprint density at radius 1 is 1.44 bits per heavy atom. The van der Waals surface area contributed by atoms with Gasteiger partial charge in [-0.25, -0.2) is 4.98 Å². The standard InChI is InChI=1S/C10H10ClF3N2/c11-9-8(6-1-2-15-4-6)3-7(5-16-9)10(12,13)14/h3,5-6,15H,1-2,4H2. The fourth-order valence-electron chi connectivity index (χ4n) is 1.83. The van der Waals surface area contributed by atoms with Gasteiger partial charge < -0.3 is 5.32 Å². The third-order valence-electron chi connectivity index (χ3n) is 2.69. The molecule has 1 saturated heterocycles. The molecule has 2 rings (SSSR count). The van der Waals surface area contributed by atoms with Crippen LogP contribution in [0.1, 0.15) is 23.5 Å². The summed E-state index contributed by atoms with van der Waals surface area (Å²) in [6.45, 7) is 1.46. The number of halogens is 4. The van der Waals surface area contributed by atoms with E-state index in [1.54, 1.807) is 0 Å². The molecule has 1 unspecified atom stereocenters. The highest BCUT2D eigenvalue weighted by Gasteiger charge is 2.32. The number of alkyl halides is 3. The van der Waals surface area contributed by atoms with E-state index in [2.05, 4.69) is 10.3 Å². The highest BCUT2D eigenvalue weighted by Crippen LogP contribution is 2.34. The molecule has 2 nitrogen and oxygen atoms in total. The van der Waals surface area contributed by atoms with Gasteiger partial charge in [0.25, 0.3) is 0 Å². The largest absolute Gasteiger partial charge is 0.417 e. The number of nitrogens with zero attached hydrogens (tertiary/aromatic N) is 1. The summed E-state index contributed by atoms with van der Waals surface area (Å²) in [7, 11) is 0. The van der Waals surface area contributed by atoms with Crippen LogP contribution >= 0.6 is 11.6 Å². The van der Waals surface area contributed by atoms with Crippen LogP contribution in [0, 0.1) is 0 Å². The van der Waals surface area contributed by atoms with Crippen molar-refractivity contribution in [1.82, 2.24) is 10.3 Å². The topological polar surface area (TPSA) is 24.9 Å². The second-order valence-corrected chi connectivity index (χ2v) is 4.15. The van der Waals surface area contributed by atoms with Gasteiger partial charge in [0.2, 0.25) is 0 Å². The van der Waals surface area contributed by atoms with Crippen molar-refractivity contribution in [2.45, 2.75) is 18.5 Å². The molecule has 1 N–H and O–H groups in total. The van der Waals surface area contributed by atoms with Crippen molar-refractivity contribution in [2.75, 3.05) is 13.1 Å². The minimum atomic E-state index is -4.36. The second-order valence-electron chi connectivity index (χ2n) is 3.79. The number of nitrogens with one attached hydrogen (secondary N) is 1. The summed E-state index contributed by atoms with van der Waals surface area (Å²) in [5, 5.41) is 3.26. The minimum Gasteiger partial charge on any atom is -0.316 e. The SMILES string of the molecule is FC(F)(F)c1cnc(Cl)c(C2CCNC2)c1. The highest BCUT2D eigenvalue weighted by molar-refractivity contribution is 6.30. The van der Waals surface area contributed by atoms with Gasteiger partial charge in [0.05, 0.1) is 5.56 Å². The molecular formula is C10H10ClF3N2. The van der Waals surface area contributed by atoms with Crippen LogP contribution in [0.5, 0.6) is 0 Å². The predicted octanol–water partition coefficient (Wildman–Crippen LogP) is 2.83. The van der Waals surface area contributed by atoms with Crippen LogP contribution < -0.4 is 5.32 Å². The zero-order valence-corrected chi connectivity index (χ0v) is 9.07. The molecule has 88 valence electrons. The Labute approximate surface area is 95.8 Å². The van der Waals surface area contributed by atoms with Crippen molar-refractivity contribution in [3.05, 3.63) is 28.5 Å². The smallest absolute Gasteiger partial charge is 0.316 e. The van der Waals surface area contributed by atoms with E-state index in [9.17, 15) is 13.2 Å². The molecule has 0 aromatic carbocycles. The van der Waals surface area contributed by atoms with E-state index >= 15 is 0 Å². The molecule has 6 heteroatoms. The summed E-state index contributed by atoms with van der Waals surface area (Å²) < 4.78 is 37.5. The van der Waals surface area contributed by atoms with Gasteiger partial charge in [-0.2, -0.15) is 13.2 Å². The first-order valence-electron chi connectivity index (χ1n) is 4.92. The van der Waals surface area contributed by atoms with E-state index in [-0.39, 0.29) is 11.1 Å². The molecule has 0 saturated carbocycles. The van der Waals surface area contributed by atoms with Crippen molar-refractivity contribution in [2.24, 2.45) is 0 Å². The molecule has 1 atom stereocenters. The number of hydrogen-bond donors (Lipinski definition) is 1. The molecule has 1 aliphatic rings.